The van der Waals surface area contributed by atoms with E-state index in [-0.39, 0.29) is 4.45 Å². The predicted molar refractivity (Wildman–Crippen MR) is 57.5 cm³/mol. The molecule has 0 heterocycles. The molecule has 0 fully saturated rings. The van der Waals surface area contributed by atoms with Gasteiger partial charge >= 0.3 is 5.97 Å². The Morgan fingerprint density at radius 3 is 2.54 bits per heavy atom. The first-order valence-corrected chi connectivity index (χ1v) is 6.00. The fraction of sp³-hybridized carbons (Fsp3) is 0.750. The summed E-state index contributed by atoms with van der Waals surface area (Å²) in [5.74, 6) is -0.149. The lowest BCUT2D eigenvalue weighted by molar-refractivity contribution is -0.136. The molecule has 0 saturated carbocycles. The molecule has 5 heteroatoms. The van der Waals surface area contributed by atoms with Crippen molar-refractivity contribution in [2.24, 2.45) is 0 Å². The minimum absolute atomic E-state index is 0.0941. The molecule has 0 aromatic heterocycles. The number of carbonyl (C=O) groups is 2. The van der Waals surface area contributed by atoms with Crippen LogP contribution in [-0.4, -0.2) is 26.5 Å². The first-order valence-electron chi connectivity index (χ1n) is 4.14. The Kier molecular flexibility index (Phi) is 7.17. The maximum absolute atomic E-state index is 11.1. The molecule has 0 radical (unpaired) electrons. The molecule has 0 aliphatic heterocycles. The van der Waals surface area contributed by atoms with Gasteiger partial charge in [-0.05, 0) is 13.3 Å². The average Bonchev–Trinajstić information content (AvgIpc) is 2.04. The van der Waals surface area contributed by atoms with Gasteiger partial charge in [0.2, 0.25) is 4.45 Å². The third kappa shape index (κ3) is 6.95. The Bertz CT molecular complexity index is 182. The molecule has 1 unspecified atom stereocenters. The van der Waals surface area contributed by atoms with Gasteiger partial charge in [0.05, 0.1) is 0 Å². The molecule has 0 spiro atoms. The molecule has 1 atom stereocenters. The molecular formula is C8H14O3S2. The van der Waals surface area contributed by atoms with Gasteiger partial charge in [-0.1, -0.05) is 36.9 Å². The van der Waals surface area contributed by atoms with Crippen molar-refractivity contribution in [2.75, 3.05) is 5.75 Å². The summed E-state index contributed by atoms with van der Waals surface area (Å²) in [4.78, 5) is 21.5. The second-order valence-corrected chi connectivity index (χ2v) is 5.19. The lowest BCUT2D eigenvalue weighted by Crippen LogP contribution is -2.12. The van der Waals surface area contributed by atoms with E-state index in [9.17, 15) is 9.59 Å². The quantitative estimate of drug-likeness (QED) is 0.725. The van der Waals surface area contributed by atoms with Crippen LogP contribution in [-0.2, 0) is 4.79 Å². The van der Waals surface area contributed by atoms with Crippen LogP contribution in [0.2, 0.25) is 0 Å². The molecule has 0 amide bonds. The average molecular weight is 222 g/mol. The summed E-state index contributed by atoms with van der Waals surface area (Å²) < 4.78 is -0.0941. The number of hydrogen-bond donors (Lipinski definition) is 1. The van der Waals surface area contributed by atoms with Crippen LogP contribution in [0.3, 0.4) is 0 Å². The third-order valence-electron chi connectivity index (χ3n) is 1.34. The van der Waals surface area contributed by atoms with E-state index < -0.39 is 11.2 Å². The number of carboxylic acids is 1. The van der Waals surface area contributed by atoms with E-state index in [0.717, 1.165) is 30.4 Å². The Hall–Kier alpha value is -0.160. The van der Waals surface area contributed by atoms with Crippen molar-refractivity contribution in [3.05, 3.63) is 0 Å². The molecule has 1 N–H and O–H groups in total. The van der Waals surface area contributed by atoms with Gasteiger partial charge in [0.1, 0.15) is 5.25 Å². The number of carboxylic acid groups (broad SMARTS) is 1. The Morgan fingerprint density at radius 2 is 2.08 bits per heavy atom. The number of aliphatic carboxylic acids is 1. The Labute approximate surface area is 86.7 Å². The molecule has 0 aromatic rings. The highest BCUT2D eigenvalue weighted by Crippen LogP contribution is 2.22. The molecule has 0 aliphatic rings. The van der Waals surface area contributed by atoms with E-state index in [2.05, 4.69) is 6.92 Å². The summed E-state index contributed by atoms with van der Waals surface area (Å²) in [6.07, 6.45) is 2.05. The smallest absolute Gasteiger partial charge is 0.316 e. The van der Waals surface area contributed by atoms with Gasteiger partial charge in [-0.15, -0.1) is 0 Å². The van der Waals surface area contributed by atoms with Crippen molar-refractivity contribution in [1.82, 2.24) is 0 Å². The largest absolute Gasteiger partial charge is 0.480 e. The van der Waals surface area contributed by atoms with E-state index in [0.29, 0.717) is 0 Å². The second kappa shape index (κ2) is 7.26. The van der Waals surface area contributed by atoms with Gasteiger partial charge in [0.25, 0.3) is 0 Å². The van der Waals surface area contributed by atoms with Crippen molar-refractivity contribution < 1.29 is 14.7 Å². The zero-order chi connectivity index (χ0) is 10.3. The summed E-state index contributed by atoms with van der Waals surface area (Å²) in [5, 5.41) is 7.88. The van der Waals surface area contributed by atoms with E-state index in [4.69, 9.17) is 5.11 Å². The zero-order valence-electron chi connectivity index (χ0n) is 7.78. The maximum atomic E-state index is 11.1. The van der Waals surface area contributed by atoms with Crippen molar-refractivity contribution in [3.8, 4) is 0 Å². The van der Waals surface area contributed by atoms with Crippen molar-refractivity contribution in [1.29, 1.82) is 0 Å². The summed E-state index contributed by atoms with van der Waals surface area (Å²) in [6, 6.07) is 0. The Morgan fingerprint density at radius 1 is 1.46 bits per heavy atom. The van der Waals surface area contributed by atoms with Crippen LogP contribution < -0.4 is 0 Å². The van der Waals surface area contributed by atoms with Crippen LogP contribution >= 0.6 is 23.5 Å². The monoisotopic (exact) mass is 222 g/mol. The summed E-state index contributed by atoms with van der Waals surface area (Å²) >= 11 is 2.09. The topological polar surface area (TPSA) is 54.4 Å². The van der Waals surface area contributed by atoms with Crippen LogP contribution in [0.4, 0.5) is 4.79 Å². The lowest BCUT2D eigenvalue weighted by atomic mass is 10.4. The minimum Gasteiger partial charge on any atom is -0.480 e. The molecular weight excluding hydrogens is 208 g/mol. The lowest BCUT2D eigenvalue weighted by Gasteiger charge is -2.03. The van der Waals surface area contributed by atoms with Gasteiger partial charge in [-0.25, -0.2) is 0 Å². The highest BCUT2D eigenvalue weighted by Gasteiger charge is 2.16. The third-order valence-corrected chi connectivity index (χ3v) is 3.46. The van der Waals surface area contributed by atoms with E-state index >= 15 is 0 Å². The number of unbranched alkanes of at least 4 members (excludes halogenated alkanes) is 1. The number of carbonyl (C=O) groups excluding carboxylic acids is 1. The van der Waals surface area contributed by atoms with Crippen LogP contribution in [0, 0.1) is 0 Å². The van der Waals surface area contributed by atoms with Gasteiger partial charge in [-0.2, -0.15) is 0 Å². The molecule has 0 aliphatic carbocycles. The van der Waals surface area contributed by atoms with Gasteiger partial charge in [-0.3, -0.25) is 9.59 Å². The molecule has 0 bridgehead atoms. The van der Waals surface area contributed by atoms with Crippen LogP contribution in [0.15, 0.2) is 0 Å². The zero-order valence-corrected chi connectivity index (χ0v) is 9.41. The number of hydrogen-bond acceptors (Lipinski definition) is 4. The normalized spacial score (nSPS) is 12.5. The maximum Gasteiger partial charge on any atom is 0.316 e. The van der Waals surface area contributed by atoms with Crippen LogP contribution in [0.25, 0.3) is 0 Å². The molecule has 0 rings (SSSR count). The van der Waals surface area contributed by atoms with Crippen molar-refractivity contribution in [2.45, 2.75) is 31.9 Å². The fourth-order valence-electron chi connectivity index (χ4n) is 0.529. The molecule has 0 saturated heterocycles. The summed E-state index contributed by atoms with van der Waals surface area (Å²) in [5.41, 5.74) is 0. The van der Waals surface area contributed by atoms with Crippen LogP contribution in [0.5, 0.6) is 0 Å². The predicted octanol–water partition coefficient (Wildman–Crippen LogP) is 2.85. The van der Waals surface area contributed by atoms with E-state index in [1.54, 1.807) is 0 Å². The molecule has 3 nitrogen and oxygen atoms in total. The van der Waals surface area contributed by atoms with Crippen molar-refractivity contribution in [3.63, 3.8) is 0 Å². The standard InChI is InChI=1S/C8H14O3S2/c1-3-4-5-12-8(11)13-6(2)7(9)10/h6H,3-5H2,1-2H3,(H,9,10). The molecule has 76 valence electrons. The molecule has 0 aromatic carbocycles. The van der Waals surface area contributed by atoms with E-state index in [1.807, 2.05) is 0 Å². The second-order valence-electron chi connectivity index (χ2n) is 2.55. The SMILES string of the molecule is CCCCSC(=O)SC(C)C(=O)O. The number of rotatable bonds is 5. The van der Waals surface area contributed by atoms with Gasteiger partial charge < -0.3 is 5.11 Å². The summed E-state index contributed by atoms with van der Waals surface area (Å²) in [6.45, 7) is 3.57. The molecule has 13 heavy (non-hydrogen) atoms. The van der Waals surface area contributed by atoms with Crippen LogP contribution in [0.1, 0.15) is 26.7 Å². The first kappa shape index (κ1) is 12.8. The highest BCUT2D eigenvalue weighted by atomic mass is 32.2. The minimum atomic E-state index is -0.936. The fourth-order valence-corrected chi connectivity index (χ4v) is 2.47. The number of thioether (sulfide) groups is 2. The van der Waals surface area contributed by atoms with Gasteiger partial charge in [0, 0.05) is 5.75 Å². The Balaban J connectivity index is 3.56. The van der Waals surface area contributed by atoms with Crippen molar-refractivity contribution >= 4 is 33.9 Å². The van der Waals surface area contributed by atoms with Gasteiger partial charge in [0.15, 0.2) is 0 Å². The first-order chi connectivity index (χ1) is 6.07. The summed E-state index contributed by atoms with van der Waals surface area (Å²) in [7, 11) is 0. The highest BCUT2D eigenvalue weighted by molar-refractivity contribution is 8.38. The van der Waals surface area contributed by atoms with E-state index in [1.165, 1.54) is 18.7 Å².